The zero-order chi connectivity index (χ0) is 22.8. The normalized spacial score (nSPS) is 16.0. The Kier molecular flexibility index (Phi) is 6.35. The van der Waals surface area contributed by atoms with Crippen LogP contribution in [0.5, 0.6) is 0 Å². The molecule has 4 heterocycles. The highest BCUT2D eigenvalue weighted by Crippen LogP contribution is 2.31. The Morgan fingerprint density at radius 1 is 1.44 bits per heavy atom. The molecule has 0 bridgehead atoms. The first-order valence-electron chi connectivity index (χ1n) is 9.65. The van der Waals surface area contributed by atoms with Gasteiger partial charge in [0.05, 0.1) is 30.5 Å². The van der Waals surface area contributed by atoms with Gasteiger partial charge in [-0.1, -0.05) is 23.5 Å². The van der Waals surface area contributed by atoms with Gasteiger partial charge in [-0.15, -0.1) is 17.9 Å². The quantitative estimate of drug-likeness (QED) is 0.300. The highest BCUT2D eigenvalue weighted by atomic mass is 32.1. The number of allylic oxidation sites excluding steroid dienone is 2. The molecule has 2 amide bonds. The second-order valence-corrected chi connectivity index (χ2v) is 9.38. The van der Waals surface area contributed by atoms with E-state index in [1.54, 1.807) is 17.6 Å². The minimum atomic E-state index is -0.680. The van der Waals surface area contributed by atoms with Gasteiger partial charge in [-0.25, -0.2) is 14.6 Å². The monoisotopic (exact) mass is 489 g/mol. The Bertz CT molecular complexity index is 1350. The summed E-state index contributed by atoms with van der Waals surface area (Å²) in [5.74, 6) is -0.566. The molecule has 32 heavy (non-hydrogen) atoms. The summed E-state index contributed by atoms with van der Waals surface area (Å²) in [5.41, 5.74) is 0.692. The van der Waals surface area contributed by atoms with Crippen molar-refractivity contribution in [3.05, 3.63) is 67.0 Å². The Balaban J connectivity index is 1.82. The summed E-state index contributed by atoms with van der Waals surface area (Å²) in [7, 11) is 0. The number of thiophene rings is 1. The van der Waals surface area contributed by atoms with E-state index in [2.05, 4.69) is 22.2 Å². The van der Waals surface area contributed by atoms with Crippen molar-refractivity contribution in [1.29, 1.82) is 0 Å². The molecule has 1 atom stereocenters. The van der Waals surface area contributed by atoms with Gasteiger partial charge in [0, 0.05) is 11.4 Å². The highest BCUT2D eigenvalue weighted by Gasteiger charge is 2.34. The summed E-state index contributed by atoms with van der Waals surface area (Å²) in [6.45, 7) is 5.97. The van der Waals surface area contributed by atoms with Crippen LogP contribution in [0.15, 0.2) is 52.6 Å². The number of fused-ring (bicyclic) bond motifs is 1. The van der Waals surface area contributed by atoms with Crippen molar-refractivity contribution in [2.24, 2.45) is 0 Å². The summed E-state index contributed by atoms with van der Waals surface area (Å²) in [6.07, 6.45) is 3.07. The number of urea groups is 1. The topological polar surface area (TPSA) is 107 Å². The number of carbonyl (C=O) groups is 2. The van der Waals surface area contributed by atoms with Crippen LogP contribution in [0.25, 0.3) is 10.3 Å². The van der Waals surface area contributed by atoms with Crippen molar-refractivity contribution in [1.82, 2.24) is 24.8 Å². The van der Waals surface area contributed by atoms with Crippen molar-refractivity contribution in [2.75, 3.05) is 6.61 Å². The van der Waals surface area contributed by atoms with Crippen LogP contribution in [0.3, 0.4) is 0 Å². The lowest BCUT2D eigenvalue weighted by atomic mass is 10.0. The van der Waals surface area contributed by atoms with Crippen LogP contribution in [-0.4, -0.2) is 32.7 Å². The van der Waals surface area contributed by atoms with Gasteiger partial charge in [-0.2, -0.15) is 0 Å². The first-order chi connectivity index (χ1) is 15.4. The number of nitrogens with zero attached hydrogens (tertiary/aromatic N) is 3. The highest BCUT2D eigenvalue weighted by molar-refractivity contribution is 7.73. The molecule has 1 aliphatic heterocycles. The van der Waals surface area contributed by atoms with E-state index in [9.17, 15) is 14.4 Å². The van der Waals surface area contributed by atoms with Crippen molar-refractivity contribution >= 4 is 57.2 Å². The third-order valence-electron chi connectivity index (χ3n) is 4.76. The number of esters is 1. The van der Waals surface area contributed by atoms with Gasteiger partial charge < -0.3 is 19.9 Å². The van der Waals surface area contributed by atoms with Gasteiger partial charge in [0.1, 0.15) is 11.0 Å². The third kappa shape index (κ3) is 4.04. The lowest BCUT2D eigenvalue weighted by molar-refractivity contribution is -0.139. The zero-order valence-electron chi connectivity index (χ0n) is 17.0. The van der Waals surface area contributed by atoms with Crippen LogP contribution in [0.4, 0.5) is 4.79 Å². The zero-order valence-corrected chi connectivity index (χ0v) is 19.4. The van der Waals surface area contributed by atoms with Crippen LogP contribution < -0.4 is 16.2 Å². The minimum absolute atomic E-state index is 0.0582. The molecule has 0 saturated carbocycles. The lowest BCUT2D eigenvalue weighted by Crippen LogP contribution is -2.47. The Morgan fingerprint density at radius 2 is 2.25 bits per heavy atom. The van der Waals surface area contributed by atoms with Crippen molar-refractivity contribution in [3.63, 3.8) is 0 Å². The molecule has 166 valence electrons. The van der Waals surface area contributed by atoms with E-state index in [-0.39, 0.29) is 30.0 Å². The number of aromatic nitrogens is 3. The smallest absolute Gasteiger partial charge is 0.338 e. The molecule has 3 aromatic rings. The molecule has 0 radical (unpaired) electrons. The largest absolute Gasteiger partial charge is 0.463 e. The summed E-state index contributed by atoms with van der Waals surface area (Å²) in [5, 5.41) is 7.29. The van der Waals surface area contributed by atoms with Gasteiger partial charge in [-0.05, 0) is 30.6 Å². The molecule has 9 nitrogen and oxygen atoms in total. The molecule has 1 aliphatic rings. The fourth-order valence-corrected chi connectivity index (χ4v) is 5.51. The van der Waals surface area contributed by atoms with Crippen molar-refractivity contribution < 1.29 is 14.3 Å². The lowest BCUT2D eigenvalue weighted by Gasteiger charge is -2.28. The van der Waals surface area contributed by atoms with E-state index < -0.39 is 18.0 Å². The average Bonchev–Trinajstić information content (AvgIpc) is 3.39. The maximum Gasteiger partial charge on any atom is 0.338 e. The van der Waals surface area contributed by atoms with Gasteiger partial charge in [-0.3, -0.25) is 9.36 Å². The van der Waals surface area contributed by atoms with Gasteiger partial charge >= 0.3 is 12.0 Å². The summed E-state index contributed by atoms with van der Waals surface area (Å²) in [4.78, 5) is 43.5. The Hall–Kier alpha value is -3.09. The molecule has 0 spiro atoms. The number of thiazole rings is 1. The molecule has 0 saturated heterocycles. The number of hydrogen-bond donors (Lipinski definition) is 2. The maximum atomic E-state index is 13.1. The molecular formula is C20H19N5O4S3. The summed E-state index contributed by atoms with van der Waals surface area (Å²) >= 11 is 7.92. The average molecular weight is 490 g/mol. The summed E-state index contributed by atoms with van der Waals surface area (Å²) < 4.78 is 9.24. The Morgan fingerprint density at radius 3 is 2.94 bits per heavy atom. The van der Waals surface area contributed by atoms with Gasteiger partial charge in [0.2, 0.25) is 0 Å². The number of ether oxygens (including phenoxy) is 1. The first kappa shape index (κ1) is 22.1. The number of amides is 2. The van der Waals surface area contributed by atoms with Crippen LogP contribution in [-0.2, 0) is 22.6 Å². The second-order valence-electron chi connectivity index (χ2n) is 6.76. The predicted octanol–water partition coefficient (Wildman–Crippen LogP) is 3.11. The predicted molar refractivity (Wildman–Crippen MR) is 125 cm³/mol. The van der Waals surface area contributed by atoms with Crippen LogP contribution >= 0.6 is 34.9 Å². The SMILES string of the molecule is C=CCn1c(=S)sc2c(=O)n(CC3=C(C(=O)OCC)[C@H](c4cccs4)NC(=O)N3)cnc21. The maximum absolute atomic E-state index is 13.1. The second kappa shape index (κ2) is 9.18. The molecule has 12 heteroatoms. The molecule has 0 fully saturated rings. The van der Waals surface area contributed by atoms with Crippen LogP contribution in [0, 0.1) is 3.95 Å². The molecule has 0 aliphatic carbocycles. The number of hydrogen-bond acceptors (Lipinski definition) is 8. The van der Waals surface area contributed by atoms with Crippen molar-refractivity contribution in [2.45, 2.75) is 26.1 Å². The van der Waals surface area contributed by atoms with E-state index in [4.69, 9.17) is 17.0 Å². The van der Waals surface area contributed by atoms with Crippen LogP contribution in [0.2, 0.25) is 0 Å². The summed E-state index contributed by atoms with van der Waals surface area (Å²) in [6, 6.07) is 2.51. The number of rotatable bonds is 7. The molecule has 3 aromatic heterocycles. The standard InChI is InChI=1S/C20H19N5O4S3/c1-3-7-25-16-15(32-20(25)30)17(26)24(10-21-16)9-11-13(18(27)29-4-2)14(23-19(28)22-11)12-6-5-8-31-12/h3,5-6,8,10,14H,1,4,7,9H2,2H3,(H2,22,23,28)/t14-/m0/s1. The van der Waals surface area contributed by atoms with E-state index in [0.717, 1.165) is 16.2 Å². The number of carbonyl (C=O) groups excluding carboxylic acids is 2. The van der Waals surface area contributed by atoms with E-state index in [1.165, 1.54) is 22.2 Å². The molecule has 4 rings (SSSR count). The number of nitrogens with one attached hydrogen (secondary N) is 2. The van der Waals surface area contributed by atoms with Crippen LogP contribution in [0.1, 0.15) is 17.8 Å². The third-order valence-corrected chi connectivity index (χ3v) is 7.12. The minimum Gasteiger partial charge on any atom is -0.463 e. The molecule has 0 unspecified atom stereocenters. The van der Waals surface area contributed by atoms with E-state index >= 15 is 0 Å². The fraction of sp³-hybridized carbons (Fsp3) is 0.250. The van der Waals surface area contributed by atoms with E-state index in [0.29, 0.717) is 20.8 Å². The molecule has 2 N–H and O–H groups in total. The first-order valence-corrected chi connectivity index (χ1v) is 11.8. The van der Waals surface area contributed by atoms with E-state index in [1.807, 2.05) is 17.5 Å². The fourth-order valence-electron chi connectivity index (χ4n) is 3.41. The Labute approximate surface area is 195 Å². The van der Waals surface area contributed by atoms with Crippen molar-refractivity contribution in [3.8, 4) is 0 Å². The van der Waals surface area contributed by atoms with Gasteiger partial charge in [0.15, 0.2) is 9.60 Å². The molecular weight excluding hydrogens is 470 g/mol. The molecule has 0 aromatic carbocycles. The van der Waals surface area contributed by atoms with Gasteiger partial charge in [0.25, 0.3) is 5.56 Å².